The van der Waals surface area contributed by atoms with Gasteiger partial charge in [-0.15, -0.1) is 22.7 Å². The lowest BCUT2D eigenvalue weighted by Crippen LogP contribution is -1.83. The van der Waals surface area contributed by atoms with Crippen LogP contribution >= 0.6 is 22.7 Å². The van der Waals surface area contributed by atoms with Gasteiger partial charge in [0.1, 0.15) is 5.75 Å². The summed E-state index contributed by atoms with van der Waals surface area (Å²) in [6.45, 7) is 0. The number of ether oxygens (including phenoxy) is 1. The maximum atomic E-state index is 5.32. The second-order valence-electron chi connectivity index (χ2n) is 5.03. The molecule has 3 heteroatoms. The summed E-state index contributed by atoms with van der Waals surface area (Å²) < 4.78 is 5.32. The summed E-state index contributed by atoms with van der Waals surface area (Å²) >= 11 is 3.63. The number of benzene rings is 2. The van der Waals surface area contributed by atoms with Crippen molar-refractivity contribution in [1.29, 1.82) is 0 Å². The van der Waals surface area contributed by atoms with Crippen LogP contribution in [0.1, 0.15) is 0 Å². The van der Waals surface area contributed by atoms with Gasteiger partial charge in [-0.1, -0.05) is 30.3 Å². The van der Waals surface area contributed by atoms with E-state index in [9.17, 15) is 0 Å². The molecule has 0 N–H and O–H groups in total. The summed E-state index contributed by atoms with van der Waals surface area (Å²) in [6.07, 6.45) is 0. The molecule has 0 amide bonds. The SMILES string of the molecule is COc1ccc2c(-c3ccc(-c4cccs4)s3)cccc2c1. The molecule has 0 saturated heterocycles. The molecule has 4 rings (SSSR count). The Hall–Kier alpha value is -2.10. The molecule has 1 nitrogen and oxygen atoms in total. The highest BCUT2D eigenvalue weighted by Gasteiger charge is 2.09. The van der Waals surface area contributed by atoms with Gasteiger partial charge in [0.25, 0.3) is 0 Å². The molecule has 108 valence electrons. The third-order valence-corrected chi connectivity index (χ3v) is 5.91. The van der Waals surface area contributed by atoms with Crippen LogP contribution in [0.5, 0.6) is 5.75 Å². The van der Waals surface area contributed by atoms with Crippen LogP contribution in [0.25, 0.3) is 31.0 Å². The van der Waals surface area contributed by atoms with Gasteiger partial charge in [0.15, 0.2) is 0 Å². The number of fused-ring (bicyclic) bond motifs is 1. The lowest BCUT2D eigenvalue weighted by Gasteiger charge is -2.06. The highest BCUT2D eigenvalue weighted by molar-refractivity contribution is 7.23. The van der Waals surface area contributed by atoms with Crippen molar-refractivity contribution in [3.8, 4) is 25.9 Å². The summed E-state index contributed by atoms with van der Waals surface area (Å²) in [5.74, 6) is 0.898. The van der Waals surface area contributed by atoms with Crippen LogP contribution in [0.3, 0.4) is 0 Å². The van der Waals surface area contributed by atoms with Gasteiger partial charge in [-0.25, -0.2) is 0 Å². The van der Waals surface area contributed by atoms with E-state index in [-0.39, 0.29) is 0 Å². The van der Waals surface area contributed by atoms with E-state index >= 15 is 0 Å². The van der Waals surface area contributed by atoms with Gasteiger partial charge in [0.05, 0.1) is 7.11 Å². The van der Waals surface area contributed by atoms with Gasteiger partial charge in [0, 0.05) is 14.6 Å². The average Bonchev–Trinajstić information content (AvgIpc) is 3.24. The van der Waals surface area contributed by atoms with E-state index in [4.69, 9.17) is 4.74 Å². The van der Waals surface area contributed by atoms with E-state index in [1.54, 1.807) is 18.4 Å². The lowest BCUT2D eigenvalue weighted by atomic mass is 10.0. The minimum absolute atomic E-state index is 0.898. The fourth-order valence-corrected chi connectivity index (χ4v) is 4.52. The van der Waals surface area contributed by atoms with Crippen LogP contribution in [0.2, 0.25) is 0 Å². The average molecular weight is 322 g/mol. The zero-order valence-corrected chi connectivity index (χ0v) is 13.7. The highest BCUT2D eigenvalue weighted by Crippen LogP contribution is 2.39. The Balaban J connectivity index is 1.84. The molecular formula is C19H14OS2. The molecule has 2 aromatic heterocycles. The molecule has 0 aliphatic rings. The van der Waals surface area contributed by atoms with Gasteiger partial charge in [-0.05, 0) is 52.0 Å². The van der Waals surface area contributed by atoms with Crippen LogP contribution in [-0.4, -0.2) is 7.11 Å². The van der Waals surface area contributed by atoms with Crippen molar-refractivity contribution < 1.29 is 4.74 Å². The van der Waals surface area contributed by atoms with Gasteiger partial charge in [-0.3, -0.25) is 0 Å². The fourth-order valence-electron chi connectivity index (χ4n) is 2.64. The summed E-state index contributed by atoms with van der Waals surface area (Å²) in [4.78, 5) is 3.97. The minimum atomic E-state index is 0.898. The topological polar surface area (TPSA) is 9.23 Å². The molecule has 0 spiro atoms. The van der Waals surface area contributed by atoms with E-state index in [1.807, 2.05) is 17.4 Å². The van der Waals surface area contributed by atoms with Crippen molar-refractivity contribution in [2.45, 2.75) is 0 Å². The van der Waals surface area contributed by atoms with Crippen LogP contribution < -0.4 is 4.74 Å². The van der Waals surface area contributed by atoms with Crippen LogP contribution in [0, 0.1) is 0 Å². The molecule has 0 aliphatic heterocycles. The van der Waals surface area contributed by atoms with Crippen LogP contribution in [0.4, 0.5) is 0 Å². The number of thiophene rings is 2. The zero-order chi connectivity index (χ0) is 14.9. The summed E-state index contributed by atoms with van der Waals surface area (Å²) in [6, 6.07) is 21.4. The molecule has 2 heterocycles. The molecule has 0 radical (unpaired) electrons. The van der Waals surface area contributed by atoms with E-state index < -0.39 is 0 Å². The quantitative estimate of drug-likeness (QED) is 0.430. The number of methoxy groups -OCH3 is 1. The molecule has 22 heavy (non-hydrogen) atoms. The lowest BCUT2D eigenvalue weighted by molar-refractivity contribution is 0.415. The second kappa shape index (κ2) is 5.59. The first kappa shape index (κ1) is 13.6. The zero-order valence-electron chi connectivity index (χ0n) is 12.1. The Kier molecular flexibility index (Phi) is 3.45. The molecule has 0 saturated carbocycles. The molecular weight excluding hydrogens is 308 g/mol. The first-order chi connectivity index (χ1) is 10.8. The second-order valence-corrected chi connectivity index (χ2v) is 7.07. The van der Waals surface area contributed by atoms with Crippen LogP contribution in [0.15, 0.2) is 66.0 Å². The molecule has 0 unspecified atom stereocenters. The van der Waals surface area contributed by atoms with Crippen molar-refractivity contribution in [2.75, 3.05) is 7.11 Å². The van der Waals surface area contributed by atoms with Crippen molar-refractivity contribution >= 4 is 33.4 Å². The number of rotatable bonds is 3. The van der Waals surface area contributed by atoms with E-state index in [0.29, 0.717) is 0 Å². The molecule has 0 atom stereocenters. The third-order valence-electron chi connectivity index (χ3n) is 3.72. The maximum Gasteiger partial charge on any atom is 0.119 e. The third kappa shape index (κ3) is 2.32. The number of hydrogen-bond acceptors (Lipinski definition) is 3. The standard InChI is InChI=1S/C19H14OS2/c1-20-14-7-8-15-13(12-14)4-2-5-16(15)17-9-10-19(22-17)18-6-3-11-21-18/h2-12H,1H3. The molecule has 2 aromatic carbocycles. The molecule has 4 aromatic rings. The van der Waals surface area contributed by atoms with Gasteiger partial charge in [-0.2, -0.15) is 0 Å². The summed E-state index contributed by atoms with van der Waals surface area (Å²) in [5, 5.41) is 4.60. The maximum absolute atomic E-state index is 5.32. The first-order valence-electron chi connectivity index (χ1n) is 7.06. The Morgan fingerprint density at radius 3 is 2.55 bits per heavy atom. The van der Waals surface area contributed by atoms with Gasteiger partial charge < -0.3 is 4.74 Å². The van der Waals surface area contributed by atoms with Crippen molar-refractivity contribution in [3.63, 3.8) is 0 Å². The highest BCUT2D eigenvalue weighted by atomic mass is 32.1. The largest absolute Gasteiger partial charge is 0.497 e. The fraction of sp³-hybridized carbons (Fsp3) is 0.0526. The number of hydrogen-bond donors (Lipinski definition) is 0. The van der Waals surface area contributed by atoms with E-state index in [0.717, 1.165) is 5.75 Å². The minimum Gasteiger partial charge on any atom is -0.497 e. The molecule has 0 bridgehead atoms. The summed E-state index contributed by atoms with van der Waals surface area (Å²) in [7, 11) is 1.71. The van der Waals surface area contributed by atoms with E-state index in [1.165, 1.54) is 31.0 Å². The Labute approximate surface area is 137 Å². The van der Waals surface area contributed by atoms with Crippen molar-refractivity contribution in [1.82, 2.24) is 0 Å². The summed E-state index contributed by atoms with van der Waals surface area (Å²) in [5.41, 5.74) is 1.29. The predicted molar refractivity (Wildman–Crippen MR) is 97.1 cm³/mol. The van der Waals surface area contributed by atoms with E-state index in [2.05, 4.69) is 60.0 Å². The monoisotopic (exact) mass is 322 g/mol. The normalized spacial score (nSPS) is 11.0. The molecule has 0 aliphatic carbocycles. The van der Waals surface area contributed by atoms with Gasteiger partial charge in [0.2, 0.25) is 0 Å². The van der Waals surface area contributed by atoms with Gasteiger partial charge >= 0.3 is 0 Å². The van der Waals surface area contributed by atoms with Crippen LogP contribution in [-0.2, 0) is 0 Å². The Morgan fingerprint density at radius 1 is 0.818 bits per heavy atom. The van der Waals surface area contributed by atoms with Crippen molar-refractivity contribution in [3.05, 3.63) is 66.0 Å². The predicted octanol–water partition coefficient (Wildman–Crippen LogP) is 6.31. The Bertz CT molecular complexity index is 920. The Morgan fingerprint density at radius 2 is 1.73 bits per heavy atom. The smallest absolute Gasteiger partial charge is 0.119 e. The molecule has 0 fully saturated rings. The first-order valence-corrected chi connectivity index (χ1v) is 8.75. The van der Waals surface area contributed by atoms with Crippen molar-refractivity contribution in [2.24, 2.45) is 0 Å².